The predicted molar refractivity (Wildman–Crippen MR) is 47.8 cm³/mol. The molecule has 1 N–H and O–H groups in total. The molecule has 0 aliphatic carbocycles. The second-order valence-corrected chi connectivity index (χ2v) is 4.64. The molecule has 1 aromatic heterocycles. The quantitative estimate of drug-likeness (QED) is 0.832. The minimum atomic E-state index is -4.59. The van der Waals surface area contributed by atoms with Crippen molar-refractivity contribution in [3.63, 3.8) is 0 Å². The fourth-order valence-corrected chi connectivity index (χ4v) is 2.35. The molecule has 0 aliphatic rings. The summed E-state index contributed by atoms with van der Waals surface area (Å²) in [5.41, 5.74) is 0. The van der Waals surface area contributed by atoms with Crippen molar-refractivity contribution in [3.8, 4) is 0 Å². The molecule has 0 saturated carbocycles. The molecule has 1 rings (SSSR count). The van der Waals surface area contributed by atoms with Crippen LogP contribution in [0.1, 0.15) is 15.9 Å². The van der Waals surface area contributed by atoms with Crippen molar-refractivity contribution in [2.75, 3.05) is 0 Å². The number of halogens is 4. The zero-order chi connectivity index (χ0) is 10.2. The average Bonchev–Trinajstić information content (AvgIpc) is 2.29. The van der Waals surface area contributed by atoms with E-state index in [2.05, 4.69) is 15.9 Å². The molecule has 74 valence electrons. The first-order valence-electron chi connectivity index (χ1n) is 3.33. The van der Waals surface area contributed by atoms with Crippen molar-refractivity contribution in [3.05, 3.63) is 20.3 Å². The van der Waals surface area contributed by atoms with E-state index >= 15 is 0 Å². The Morgan fingerprint density at radius 3 is 2.38 bits per heavy atom. The highest BCUT2D eigenvalue weighted by Gasteiger charge is 2.40. The summed E-state index contributed by atoms with van der Waals surface area (Å²) in [5, 5.41) is 8.86. The monoisotopic (exact) mass is 274 g/mol. The molecule has 1 heterocycles. The summed E-state index contributed by atoms with van der Waals surface area (Å²) >= 11 is 4.02. The van der Waals surface area contributed by atoms with Gasteiger partial charge in [0.2, 0.25) is 0 Å². The van der Waals surface area contributed by atoms with Crippen LogP contribution in [0.25, 0.3) is 0 Å². The van der Waals surface area contributed by atoms with Crippen LogP contribution in [0.3, 0.4) is 0 Å². The number of alkyl halides is 3. The number of thiophene rings is 1. The molecule has 0 fully saturated rings. The Labute approximate surface area is 85.3 Å². The van der Waals surface area contributed by atoms with Crippen molar-refractivity contribution in [1.82, 2.24) is 0 Å². The summed E-state index contributed by atoms with van der Waals surface area (Å²) < 4.78 is 36.6. The maximum Gasteiger partial charge on any atom is 0.419 e. The van der Waals surface area contributed by atoms with Gasteiger partial charge in [-0.3, -0.25) is 0 Å². The Morgan fingerprint density at radius 2 is 2.08 bits per heavy atom. The van der Waals surface area contributed by atoms with Gasteiger partial charge >= 0.3 is 6.18 Å². The number of aliphatic hydroxyl groups is 1. The number of hydrogen-bond acceptors (Lipinski definition) is 2. The molecule has 0 radical (unpaired) electrons. The lowest BCUT2D eigenvalue weighted by atomic mass is 10.3. The lowest BCUT2D eigenvalue weighted by Crippen LogP contribution is -2.18. The molecule has 1 aromatic rings. The zero-order valence-corrected chi connectivity index (χ0v) is 8.92. The van der Waals surface area contributed by atoms with Crippen LogP contribution >= 0.6 is 27.3 Å². The maximum atomic E-state index is 12.0. The first kappa shape index (κ1) is 11.0. The molecular weight excluding hydrogens is 269 g/mol. The lowest BCUT2D eigenvalue weighted by molar-refractivity contribution is -0.205. The van der Waals surface area contributed by atoms with Crippen LogP contribution in [0, 0.1) is 6.92 Å². The van der Waals surface area contributed by atoms with E-state index in [1.807, 2.05) is 0 Å². The van der Waals surface area contributed by atoms with E-state index in [1.54, 1.807) is 6.92 Å². The molecule has 0 spiro atoms. The predicted octanol–water partition coefficient (Wildman–Crippen LogP) is 3.41. The maximum absolute atomic E-state index is 12.0. The molecule has 0 unspecified atom stereocenters. The largest absolute Gasteiger partial charge is 0.419 e. The Balaban J connectivity index is 2.96. The van der Waals surface area contributed by atoms with E-state index in [-0.39, 0.29) is 4.88 Å². The number of aryl methyl sites for hydroxylation is 1. The highest BCUT2D eigenvalue weighted by Crippen LogP contribution is 2.38. The third-order valence-corrected chi connectivity index (χ3v) is 3.64. The van der Waals surface area contributed by atoms with Crippen LogP contribution < -0.4 is 0 Å². The molecule has 6 heteroatoms. The molecule has 0 bridgehead atoms. The highest BCUT2D eigenvalue weighted by molar-refractivity contribution is 9.10. The number of rotatable bonds is 1. The second-order valence-electron chi connectivity index (χ2n) is 2.50. The van der Waals surface area contributed by atoms with Gasteiger partial charge in [-0.1, -0.05) is 0 Å². The Hall–Kier alpha value is -0.0700. The standard InChI is InChI=1S/C7H6BrF3OS/c1-3-4(8)2-5(13-3)6(12)7(9,10)11/h2,6,12H,1H3/t6-/m1/s1. The van der Waals surface area contributed by atoms with E-state index in [0.717, 1.165) is 16.2 Å². The summed E-state index contributed by atoms with van der Waals surface area (Å²) in [6, 6.07) is 1.29. The van der Waals surface area contributed by atoms with Gasteiger partial charge in [-0.15, -0.1) is 11.3 Å². The molecule has 1 nitrogen and oxygen atoms in total. The third-order valence-electron chi connectivity index (χ3n) is 1.46. The Bertz CT molecular complexity index is 288. The van der Waals surface area contributed by atoms with Crippen LogP contribution in [0.15, 0.2) is 10.5 Å². The van der Waals surface area contributed by atoms with Crippen LogP contribution in [-0.4, -0.2) is 11.3 Å². The van der Waals surface area contributed by atoms with Gasteiger partial charge in [-0.25, -0.2) is 0 Å². The Morgan fingerprint density at radius 1 is 1.54 bits per heavy atom. The van der Waals surface area contributed by atoms with Gasteiger partial charge in [-0.05, 0) is 28.9 Å². The zero-order valence-electron chi connectivity index (χ0n) is 6.52. The van der Waals surface area contributed by atoms with Crippen LogP contribution in [0.2, 0.25) is 0 Å². The van der Waals surface area contributed by atoms with E-state index in [9.17, 15) is 13.2 Å². The first-order chi connectivity index (χ1) is 5.82. The van der Waals surface area contributed by atoms with Gasteiger partial charge in [0.15, 0.2) is 6.10 Å². The summed E-state index contributed by atoms with van der Waals surface area (Å²) in [4.78, 5) is 0.634. The van der Waals surface area contributed by atoms with E-state index in [4.69, 9.17) is 5.11 Å². The first-order valence-corrected chi connectivity index (χ1v) is 4.94. The molecule has 0 aromatic carbocycles. The van der Waals surface area contributed by atoms with Crippen molar-refractivity contribution in [2.45, 2.75) is 19.2 Å². The molecule has 1 atom stereocenters. The van der Waals surface area contributed by atoms with Crippen LogP contribution in [0.5, 0.6) is 0 Å². The van der Waals surface area contributed by atoms with Crippen LogP contribution in [-0.2, 0) is 0 Å². The minimum absolute atomic E-state index is 0.0862. The van der Waals surface area contributed by atoms with E-state index in [0.29, 0.717) is 4.47 Å². The molecular formula is C7H6BrF3OS. The van der Waals surface area contributed by atoms with Gasteiger partial charge in [-0.2, -0.15) is 13.2 Å². The number of aliphatic hydroxyl groups excluding tert-OH is 1. The topological polar surface area (TPSA) is 20.2 Å². The van der Waals surface area contributed by atoms with Gasteiger partial charge in [0.05, 0.1) is 0 Å². The lowest BCUT2D eigenvalue weighted by Gasteiger charge is -2.11. The van der Waals surface area contributed by atoms with Crippen molar-refractivity contribution in [1.29, 1.82) is 0 Å². The Kier molecular flexibility index (Phi) is 3.04. The smallest absolute Gasteiger partial charge is 0.379 e. The number of hydrogen-bond donors (Lipinski definition) is 1. The summed E-state index contributed by atoms with van der Waals surface area (Å²) in [6.45, 7) is 1.68. The normalized spacial score (nSPS) is 14.6. The minimum Gasteiger partial charge on any atom is -0.379 e. The fraction of sp³-hybridized carbons (Fsp3) is 0.429. The molecule has 0 amide bonds. The van der Waals surface area contributed by atoms with Gasteiger partial charge in [0.1, 0.15) is 0 Å². The third kappa shape index (κ3) is 2.45. The average molecular weight is 275 g/mol. The van der Waals surface area contributed by atoms with Crippen molar-refractivity contribution in [2.24, 2.45) is 0 Å². The van der Waals surface area contributed by atoms with E-state index < -0.39 is 12.3 Å². The van der Waals surface area contributed by atoms with Gasteiger partial charge in [0, 0.05) is 14.2 Å². The summed E-state index contributed by atoms with van der Waals surface area (Å²) in [5.74, 6) is 0. The summed E-state index contributed by atoms with van der Waals surface area (Å²) in [6.07, 6.45) is -6.96. The summed E-state index contributed by atoms with van der Waals surface area (Å²) in [7, 11) is 0. The van der Waals surface area contributed by atoms with E-state index in [1.165, 1.54) is 6.07 Å². The van der Waals surface area contributed by atoms with Gasteiger partial charge in [0.25, 0.3) is 0 Å². The van der Waals surface area contributed by atoms with Crippen molar-refractivity contribution >= 4 is 27.3 Å². The fourth-order valence-electron chi connectivity index (χ4n) is 0.778. The van der Waals surface area contributed by atoms with Crippen LogP contribution in [0.4, 0.5) is 13.2 Å². The molecule has 13 heavy (non-hydrogen) atoms. The molecule has 0 saturated heterocycles. The second kappa shape index (κ2) is 3.59. The van der Waals surface area contributed by atoms with Crippen molar-refractivity contribution < 1.29 is 18.3 Å². The highest BCUT2D eigenvalue weighted by atomic mass is 79.9. The molecule has 0 aliphatic heterocycles. The SMILES string of the molecule is Cc1sc([C@@H](O)C(F)(F)F)cc1Br. The van der Waals surface area contributed by atoms with Gasteiger partial charge < -0.3 is 5.11 Å².